The summed E-state index contributed by atoms with van der Waals surface area (Å²) in [6.45, 7) is 13.9. The zero-order valence-corrected chi connectivity index (χ0v) is 19.4. The molecule has 0 aliphatic rings. The fourth-order valence-electron chi connectivity index (χ4n) is 3.30. The van der Waals surface area contributed by atoms with Crippen molar-refractivity contribution in [3.05, 3.63) is 23.8 Å². The van der Waals surface area contributed by atoms with Crippen molar-refractivity contribution in [3.63, 3.8) is 0 Å². The summed E-state index contributed by atoms with van der Waals surface area (Å²) in [7, 11) is 3.33. The van der Waals surface area contributed by atoms with Gasteiger partial charge in [-0.1, -0.05) is 19.9 Å². The Bertz CT molecular complexity index is 588. The molecule has 0 radical (unpaired) electrons. The molecular formula is C23H42N4O2. The summed E-state index contributed by atoms with van der Waals surface area (Å²) in [6.07, 6.45) is 4.30. The van der Waals surface area contributed by atoms with Crippen molar-refractivity contribution in [2.75, 3.05) is 46.9 Å². The molecule has 0 fully saturated rings. The van der Waals surface area contributed by atoms with Crippen LogP contribution in [0.1, 0.15) is 52.5 Å². The number of ether oxygens (including phenoxy) is 2. The molecule has 29 heavy (non-hydrogen) atoms. The average Bonchev–Trinajstić information content (AvgIpc) is 2.74. The Morgan fingerprint density at radius 1 is 1.07 bits per heavy atom. The minimum atomic E-state index is 0.411. The van der Waals surface area contributed by atoms with E-state index in [1.54, 1.807) is 14.2 Å². The lowest BCUT2D eigenvalue weighted by molar-refractivity contribution is 0.292. The topological polar surface area (TPSA) is 58.1 Å². The van der Waals surface area contributed by atoms with E-state index >= 15 is 0 Å². The number of hydrogen-bond acceptors (Lipinski definition) is 4. The number of nitrogens with one attached hydrogen (secondary N) is 2. The van der Waals surface area contributed by atoms with Crippen molar-refractivity contribution in [2.24, 2.45) is 4.99 Å². The van der Waals surface area contributed by atoms with Crippen molar-refractivity contribution in [2.45, 2.75) is 59.4 Å². The second kappa shape index (κ2) is 15.0. The largest absolute Gasteiger partial charge is 0.493 e. The van der Waals surface area contributed by atoms with Gasteiger partial charge in [0.1, 0.15) is 0 Å². The van der Waals surface area contributed by atoms with Crippen LogP contribution in [0.5, 0.6) is 11.5 Å². The molecule has 6 nitrogen and oxygen atoms in total. The van der Waals surface area contributed by atoms with Crippen LogP contribution in [0.4, 0.5) is 0 Å². The van der Waals surface area contributed by atoms with E-state index in [2.05, 4.69) is 49.3 Å². The molecule has 1 unspecified atom stereocenters. The van der Waals surface area contributed by atoms with Gasteiger partial charge in [0.15, 0.2) is 17.5 Å². The minimum Gasteiger partial charge on any atom is -0.493 e. The van der Waals surface area contributed by atoms with Gasteiger partial charge in [0.25, 0.3) is 0 Å². The van der Waals surface area contributed by atoms with Crippen LogP contribution in [-0.4, -0.2) is 63.8 Å². The van der Waals surface area contributed by atoms with Crippen LogP contribution < -0.4 is 20.1 Å². The molecule has 0 heterocycles. The summed E-state index contributed by atoms with van der Waals surface area (Å²) < 4.78 is 10.7. The number of nitrogens with zero attached hydrogens (tertiary/aromatic N) is 2. The Kier molecular flexibility index (Phi) is 12.9. The molecule has 1 rings (SSSR count). The predicted octanol–water partition coefficient (Wildman–Crippen LogP) is 3.70. The second-order valence-electron chi connectivity index (χ2n) is 7.27. The molecule has 2 N–H and O–H groups in total. The maximum absolute atomic E-state index is 5.38. The molecular weight excluding hydrogens is 364 g/mol. The highest BCUT2D eigenvalue weighted by Gasteiger charge is 2.07. The molecule has 1 atom stereocenters. The van der Waals surface area contributed by atoms with Crippen LogP contribution in [0.25, 0.3) is 0 Å². The maximum atomic E-state index is 5.38. The molecule has 0 amide bonds. The summed E-state index contributed by atoms with van der Waals surface area (Å²) >= 11 is 0. The molecule has 1 aromatic rings. The SMILES string of the molecule is CCNC(=NCCCc1ccc(OC)c(OC)c1)NC(C)CCCN(CC)CC. The smallest absolute Gasteiger partial charge is 0.191 e. The second-order valence-corrected chi connectivity index (χ2v) is 7.27. The third kappa shape index (κ3) is 9.88. The van der Waals surface area contributed by atoms with Crippen molar-refractivity contribution < 1.29 is 9.47 Å². The van der Waals surface area contributed by atoms with E-state index in [9.17, 15) is 0 Å². The molecule has 0 spiro atoms. The van der Waals surface area contributed by atoms with E-state index < -0.39 is 0 Å². The molecule has 0 aliphatic heterocycles. The Morgan fingerprint density at radius 2 is 1.79 bits per heavy atom. The first-order valence-corrected chi connectivity index (χ1v) is 11.1. The summed E-state index contributed by atoms with van der Waals surface area (Å²) in [5, 5.41) is 6.90. The van der Waals surface area contributed by atoms with Crippen molar-refractivity contribution in [1.82, 2.24) is 15.5 Å². The normalized spacial score (nSPS) is 12.7. The predicted molar refractivity (Wildman–Crippen MR) is 123 cm³/mol. The molecule has 0 saturated carbocycles. The molecule has 0 aromatic heterocycles. The van der Waals surface area contributed by atoms with E-state index in [0.717, 1.165) is 69.4 Å². The van der Waals surface area contributed by atoms with E-state index in [-0.39, 0.29) is 0 Å². The van der Waals surface area contributed by atoms with Gasteiger partial charge in [-0.2, -0.15) is 0 Å². The third-order valence-electron chi connectivity index (χ3n) is 5.07. The van der Waals surface area contributed by atoms with Crippen LogP contribution in [-0.2, 0) is 6.42 Å². The minimum absolute atomic E-state index is 0.411. The van der Waals surface area contributed by atoms with E-state index in [1.165, 1.54) is 12.0 Å². The van der Waals surface area contributed by atoms with E-state index in [0.29, 0.717) is 6.04 Å². The molecule has 0 aliphatic carbocycles. The zero-order chi connectivity index (χ0) is 21.5. The maximum Gasteiger partial charge on any atom is 0.191 e. The van der Waals surface area contributed by atoms with Crippen LogP contribution in [0.3, 0.4) is 0 Å². The van der Waals surface area contributed by atoms with Gasteiger partial charge in [0, 0.05) is 19.1 Å². The lowest BCUT2D eigenvalue weighted by Gasteiger charge is -2.21. The van der Waals surface area contributed by atoms with Gasteiger partial charge in [0.05, 0.1) is 14.2 Å². The number of guanidine groups is 1. The van der Waals surface area contributed by atoms with Crippen LogP contribution >= 0.6 is 0 Å². The lowest BCUT2D eigenvalue weighted by atomic mass is 10.1. The fraction of sp³-hybridized carbons (Fsp3) is 0.696. The molecule has 0 bridgehead atoms. The number of benzene rings is 1. The Labute approximate surface area is 178 Å². The first-order chi connectivity index (χ1) is 14.1. The van der Waals surface area contributed by atoms with Crippen molar-refractivity contribution in [3.8, 4) is 11.5 Å². The van der Waals surface area contributed by atoms with Gasteiger partial charge >= 0.3 is 0 Å². The first-order valence-electron chi connectivity index (χ1n) is 11.1. The highest BCUT2D eigenvalue weighted by molar-refractivity contribution is 5.80. The molecule has 0 saturated heterocycles. The number of hydrogen-bond donors (Lipinski definition) is 2. The number of rotatable bonds is 14. The van der Waals surface area contributed by atoms with E-state index in [4.69, 9.17) is 14.5 Å². The molecule has 1 aromatic carbocycles. The highest BCUT2D eigenvalue weighted by atomic mass is 16.5. The number of aliphatic imine (C=N–C) groups is 1. The Morgan fingerprint density at radius 3 is 2.41 bits per heavy atom. The molecule has 166 valence electrons. The summed E-state index contributed by atoms with van der Waals surface area (Å²) in [5.74, 6) is 2.46. The van der Waals surface area contributed by atoms with Gasteiger partial charge in [0.2, 0.25) is 0 Å². The third-order valence-corrected chi connectivity index (χ3v) is 5.07. The van der Waals surface area contributed by atoms with Crippen LogP contribution in [0, 0.1) is 0 Å². The standard InChI is InChI=1S/C23H42N4O2/c1-7-24-23(26-19(4)12-11-17-27(8-2)9-3)25-16-10-13-20-14-15-21(28-5)22(18-20)29-6/h14-15,18-19H,7-13,16-17H2,1-6H3,(H2,24,25,26). The summed E-state index contributed by atoms with van der Waals surface area (Å²) in [5.41, 5.74) is 1.24. The van der Waals surface area contributed by atoms with Crippen molar-refractivity contribution >= 4 is 5.96 Å². The number of aryl methyl sites for hydroxylation is 1. The summed E-state index contributed by atoms with van der Waals surface area (Å²) in [4.78, 5) is 7.22. The first kappa shape index (κ1) is 25.1. The Hall–Kier alpha value is -1.95. The van der Waals surface area contributed by atoms with Gasteiger partial charge in [-0.25, -0.2) is 0 Å². The van der Waals surface area contributed by atoms with Gasteiger partial charge in [-0.05, 0) is 76.9 Å². The molecule has 6 heteroatoms. The monoisotopic (exact) mass is 406 g/mol. The Balaban J connectivity index is 2.45. The average molecular weight is 407 g/mol. The quantitative estimate of drug-likeness (QED) is 0.280. The highest BCUT2D eigenvalue weighted by Crippen LogP contribution is 2.27. The fourth-order valence-corrected chi connectivity index (χ4v) is 3.30. The van der Waals surface area contributed by atoms with Gasteiger partial charge in [-0.3, -0.25) is 4.99 Å². The van der Waals surface area contributed by atoms with Crippen LogP contribution in [0.15, 0.2) is 23.2 Å². The zero-order valence-electron chi connectivity index (χ0n) is 19.4. The number of methoxy groups -OCH3 is 2. The van der Waals surface area contributed by atoms with Gasteiger partial charge < -0.3 is 25.0 Å². The van der Waals surface area contributed by atoms with Crippen molar-refractivity contribution in [1.29, 1.82) is 0 Å². The van der Waals surface area contributed by atoms with Gasteiger partial charge in [-0.15, -0.1) is 0 Å². The van der Waals surface area contributed by atoms with Crippen LogP contribution in [0.2, 0.25) is 0 Å². The van der Waals surface area contributed by atoms with E-state index in [1.807, 2.05) is 12.1 Å². The lowest BCUT2D eigenvalue weighted by Crippen LogP contribution is -2.42. The summed E-state index contributed by atoms with van der Waals surface area (Å²) in [6, 6.07) is 6.51.